The van der Waals surface area contributed by atoms with Gasteiger partial charge in [-0.15, -0.1) is 0 Å². The quantitative estimate of drug-likeness (QED) is 0.395. The fraction of sp³-hybridized carbons (Fsp3) is 0.600. The predicted molar refractivity (Wildman–Crippen MR) is 45.6 cm³/mol. The van der Waals surface area contributed by atoms with Gasteiger partial charge in [-0.25, -0.2) is 8.42 Å². The van der Waals surface area contributed by atoms with Crippen molar-refractivity contribution in [3.63, 3.8) is 0 Å². The number of alkyl halides is 1. The van der Waals surface area contributed by atoms with Crippen LogP contribution < -0.4 is 0 Å². The third-order valence-electron chi connectivity index (χ3n) is 1.20. The van der Waals surface area contributed by atoms with E-state index in [1.807, 2.05) is 6.08 Å². The molecule has 0 aromatic carbocycles. The van der Waals surface area contributed by atoms with E-state index in [0.29, 0.717) is 0 Å². The van der Waals surface area contributed by atoms with Crippen LogP contribution in [-0.2, 0) is 9.84 Å². The number of hydrogen-bond acceptors (Lipinski definition) is 2. The molecule has 2 nitrogen and oxygen atoms in total. The molecule has 1 heterocycles. The van der Waals surface area contributed by atoms with E-state index in [0.717, 1.165) is 10.0 Å². The summed E-state index contributed by atoms with van der Waals surface area (Å²) in [5, 5.41) is 0. The maximum absolute atomic E-state index is 10.7. The van der Waals surface area contributed by atoms with Gasteiger partial charge in [0, 0.05) is 4.43 Å². The van der Waals surface area contributed by atoms with Crippen LogP contribution in [0.3, 0.4) is 0 Å². The van der Waals surface area contributed by atoms with Crippen molar-refractivity contribution in [1.82, 2.24) is 0 Å². The maximum atomic E-state index is 10.7. The van der Waals surface area contributed by atoms with Gasteiger partial charge < -0.3 is 0 Å². The Morgan fingerprint density at radius 3 is 2.56 bits per heavy atom. The maximum Gasteiger partial charge on any atom is 0.157 e. The average Bonchev–Trinajstić information content (AvgIpc) is 2.10. The average molecular weight is 258 g/mol. The summed E-state index contributed by atoms with van der Waals surface area (Å²) < 4.78 is 22.3. The van der Waals surface area contributed by atoms with Crippen molar-refractivity contribution in [2.24, 2.45) is 0 Å². The first kappa shape index (κ1) is 7.53. The van der Waals surface area contributed by atoms with Crippen LogP contribution in [-0.4, -0.2) is 24.4 Å². The van der Waals surface area contributed by atoms with Gasteiger partial charge in [-0.05, 0) is 5.57 Å². The lowest BCUT2D eigenvalue weighted by Gasteiger charge is -1.90. The fourth-order valence-electron chi connectivity index (χ4n) is 0.738. The monoisotopic (exact) mass is 258 g/mol. The zero-order chi connectivity index (χ0) is 6.91. The second-order valence-corrected chi connectivity index (χ2v) is 4.92. The van der Waals surface area contributed by atoms with Gasteiger partial charge in [0.2, 0.25) is 0 Å². The zero-order valence-corrected chi connectivity index (χ0v) is 7.78. The lowest BCUT2D eigenvalue weighted by molar-refractivity contribution is 0.603. The molecule has 0 saturated heterocycles. The lowest BCUT2D eigenvalue weighted by Crippen LogP contribution is -2.02. The smallest absolute Gasteiger partial charge is 0.157 e. The minimum Gasteiger partial charge on any atom is -0.228 e. The van der Waals surface area contributed by atoms with E-state index in [2.05, 4.69) is 22.6 Å². The van der Waals surface area contributed by atoms with Crippen LogP contribution in [0.1, 0.15) is 0 Å². The third kappa shape index (κ3) is 1.93. The van der Waals surface area contributed by atoms with E-state index >= 15 is 0 Å². The highest BCUT2D eigenvalue weighted by Crippen LogP contribution is 2.12. The Morgan fingerprint density at radius 1 is 1.67 bits per heavy atom. The van der Waals surface area contributed by atoms with Gasteiger partial charge in [0.15, 0.2) is 9.84 Å². The number of sulfone groups is 1. The summed E-state index contributed by atoms with van der Waals surface area (Å²) in [6.45, 7) is 0. The molecule has 4 heteroatoms. The van der Waals surface area contributed by atoms with Crippen molar-refractivity contribution in [2.45, 2.75) is 0 Å². The highest BCUT2D eigenvalue weighted by atomic mass is 127. The van der Waals surface area contributed by atoms with Crippen molar-refractivity contribution in [2.75, 3.05) is 15.9 Å². The standard InChI is InChI=1S/C5H7IO2S/c6-3-5-1-2-9(7,8)4-5/h1H,2-4H2. The fourth-order valence-corrected chi connectivity index (χ4v) is 3.08. The van der Waals surface area contributed by atoms with E-state index in [4.69, 9.17) is 0 Å². The molecule has 1 aliphatic heterocycles. The van der Waals surface area contributed by atoms with Crippen LogP contribution in [0.4, 0.5) is 0 Å². The summed E-state index contributed by atoms with van der Waals surface area (Å²) in [4.78, 5) is 0. The summed E-state index contributed by atoms with van der Waals surface area (Å²) in [6, 6.07) is 0. The second kappa shape index (κ2) is 2.57. The van der Waals surface area contributed by atoms with Gasteiger partial charge in [-0.3, -0.25) is 0 Å². The van der Waals surface area contributed by atoms with Gasteiger partial charge in [-0.2, -0.15) is 0 Å². The topological polar surface area (TPSA) is 34.1 Å². The molecule has 0 N–H and O–H groups in total. The Balaban J connectivity index is 2.71. The predicted octanol–water partition coefficient (Wildman–Crippen LogP) is 0.776. The first-order valence-electron chi connectivity index (χ1n) is 2.58. The molecule has 9 heavy (non-hydrogen) atoms. The molecule has 0 spiro atoms. The molecule has 0 bridgehead atoms. The normalized spacial score (nSPS) is 23.9. The van der Waals surface area contributed by atoms with E-state index in [1.54, 1.807) is 0 Å². The summed E-state index contributed by atoms with van der Waals surface area (Å²) in [5.41, 5.74) is 1.05. The first-order valence-corrected chi connectivity index (χ1v) is 5.93. The number of halogens is 1. The van der Waals surface area contributed by atoms with Gasteiger partial charge in [-0.1, -0.05) is 28.7 Å². The molecule has 52 valence electrons. The van der Waals surface area contributed by atoms with Crippen LogP contribution in [0, 0.1) is 0 Å². The molecular weight excluding hydrogens is 251 g/mol. The third-order valence-corrected chi connectivity index (χ3v) is 3.67. The molecule has 0 amide bonds. The SMILES string of the molecule is O=S1(=O)CC=C(CI)C1. The largest absolute Gasteiger partial charge is 0.228 e. The van der Waals surface area contributed by atoms with Crippen LogP contribution >= 0.6 is 22.6 Å². The molecular formula is C5H7IO2S. The van der Waals surface area contributed by atoms with Crippen molar-refractivity contribution in [3.05, 3.63) is 11.6 Å². The minimum atomic E-state index is -2.70. The van der Waals surface area contributed by atoms with Crippen molar-refractivity contribution in [1.29, 1.82) is 0 Å². The van der Waals surface area contributed by atoms with Gasteiger partial charge in [0.1, 0.15) is 0 Å². The van der Waals surface area contributed by atoms with Crippen LogP contribution in [0.25, 0.3) is 0 Å². The number of hydrogen-bond donors (Lipinski definition) is 0. The first-order chi connectivity index (χ1) is 4.14. The van der Waals surface area contributed by atoms with E-state index in [9.17, 15) is 8.42 Å². The van der Waals surface area contributed by atoms with E-state index in [1.165, 1.54) is 0 Å². The van der Waals surface area contributed by atoms with Crippen LogP contribution in [0.5, 0.6) is 0 Å². The Bertz CT molecular complexity index is 227. The van der Waals surface area contributed by atoms with Gasteiger partial charge >= 0.3 is 0 Å². The highest BCUT2D eigenvalue weighted by molar-refractivity contribution is 14.1. The molecule has 0 unspecified atom stereocenters. The molecule has 1 rings (SSSR count). The summed E-state index contributed by atoms with van der Waals surface area (Å²) in [5.74, 6) is 0.543. The van der Waals surface area contributed by atoms with Crippen molar-refractivity contribution >= 4 is 32.4 Å². The van der Waals surface area contributed by atoms with E-state index < -0.39 is 9.84 Å². The molecule has 1 aliphatic rings. The summed E-state index contributed by atoms with van der Waals surface area (Å²) in [6.07, 6.45) is 1.81. The number of rotatable bonds is 1. The van der Waals surface area contributed by atoms with Crippen molar-refractivity contribution in [3.8, 4) is 0 Å². The summed E-state index contributed by atoms with van der Waals surface area (Å²) >= 11 is 2.17. The molecule has 0 radical (unpaired) electrons. The van der Waals surface area contributed by atoms with Gasteiger partial charge in [0.25, 0.3) is 0 Å². The van der Waals surface area contributed by atoms with Crippen LogP contribution in [0.15, 0.2) is 11.6 Å². The lowest BCUT2D eigenvalue weighted by atomic mass is 10.3. The zero-order valence-electron chi connectivity index (χ0n) is 4.80. The van der Waals surface area contributed by atoms with E-state index in [-0.39, 0.29) is 11.5 Å². The molecule has 0 saturated carbocycles. The molecule has 0 aromatic rings. The molecule has 0 aliphatic carbocycles. The van der Waals surface area contributed by atoms with Crippen molar-refractivity contribution < 1.29 is 8.42 Å². The van der Waals surface area contributed by atoms with Gasteiger partial charge in [0.05, 0.1) is 11.5 Å². The Morgan fingerprint density at radius 2 is 2.33 bits per heavy atom. The Hall–Kier alpha value is 0.420. The Labute approximate surface area is 68.4 Å². The summed E-state index contributed by atoms with van der Waals surface area (Å²) in [7, 11) is -2.70. The molecule has 0 fully saturated rings. The molecule has 0 atom stereocenters. The molecule has 0 aromatic heterocycles. The van der Waals surface area contributed by atoms with Crippen LogP contribution in [0.2, 0.25) is 0 Å². The highest BCUT2D eigenvalue weighted by Gasteiger charge is 2.17. The Kier molecular flexibility index (Phi) is 2.15. The second-order valence-electron chi connectivity index (χ2n) is 2.05. The minimum absolute atomic E-state index is 0.255.